The van der Waals surface area contributed by atoms with Crippen LogP contribution in [-0.2, 0) is 11.2 Å². The van der Waals surface area contributed by atoms with Crippen LogP contribution in [0, 0.1) is 0 Å². The van der Waals surface area contributed by atoms with Crippen molar-refractivity contribution in [2.45, 2.75) is 58.1 Å². The van der Waals surface area contributed by atoms with Crippen molar-refractivity contribution >= 4 is 11.6 Å². The fourth-order valence-electron chi connectivity index (χ4n) is 3.84. The summed E-state index contributed by atoms with van der Waals surface area (Å²) in [6, 6.07) is 6.65. The number of piperidine rings is 1. The Labute approximate surface area is 139 Å². The van der Waals surface area contributed by atoms with Crippen molar-refractivity contribution < 1.29 is 9.90 Å². The van der Waals surface area contributed by atoms with E-state index in [0.717, 1.165) is 30.8 Å². The SMILES string of the molecule is CCC(=O)N1CCc2cc(C(O)CN3CCCCC3C)ccc21. The fraction of sp³-hybridized carbons (Fsp3) is 0.632. The van der Waals surface area contributed by atoms with Crippen LogP contribution in [0.4, 0.5) is 5.69 Å². The van der Waals surface area contributed by atoms with Gasteiger partial charge in [-0.25, -0.2) is 0 Å². The van der Waals surface area contributed by atoms with Gasteiger partial charge in [0.15, 0.2) is 0 Å². The maximum absolute atomic E-state index is 12.0. The van der Waals surface area contributed by atoms with E-state index in [0.29, 0.717) is 19.0 Å². The van der Waals surface area contributed by atoms with Gasteiger partial charge < -0.3 is 10.0 Å². The molecule has 0 bridgehead atoms. The lowest BCUT2D eigenvalue weighted by atomic mass is 10.00. The summed E-state index contributed by atoms with van der Waals surface area (Å²) in [5.74, 6) is 0.180. The zero-order chi connectivity index (χ0) is 16.4. The molecule has 1 N–H and O–H groups in total. The van der Waals surface area contributed by atoms with Crippen LogP contribution in [0.2, 0.25) is 0 Å². The van der Waals surface area contributed by atoms with E-state index in [1.165, 1.54) is 24.8 Å². The maximum atomic E-state index is 12.0. The lowest BCUT2D eigenvalue weighted by Gasteiger charge is -2.34. The maximum Gasteiger partial charge on any atom is 0.226 e. The molecule has 2 unspecified atom stereocenters. The molecule has 3 rings (SSSR count). The Morgan fingerprint density at radius 2 is 2.17 bits per heavy atom. The van der Waals surface area contributed by atoms with Crippen LogP contribution in [0.25, 0.3) is 0 Å². The van der Waals surface area contributed by atoms with Gasteiger partial charge in [-0.1, -0.05) is 25.5 Å². The van der Waals surface area contributed by atoms with E-state index < -0.39 is 6.10 Å². The van der Waals surface area contributed by atoms with Crippen molar-refractivity contribution in [3.63, 3.8) is 0 Å². The van der Waals surface area contributed by atoms with Crippen LogP contribution in [0.5, 0.6) is 0 Å². The van der Waals surface area contributed by atoms with Gasteiger partial charge in [-0.2, -0.15) is 0 Å². The normalized spacial score (nSPS) is 22.9. The molecule has 1 aromatic rings. The van der Waals surface area contributed by atoms with E-state index in [1.54, 1.807) is 0 Å². The molecule has 2 aliphatic rings. The van der Waals surface area contributed by atoms with Crippen molar-refractivity contribution in [3.05, 3.63) is 29.3 Å². The second kappa shape index (κ2) is 7.02. The fourth-order valence-corrected chi connectivity index (χ4v) is 3.84. The first-order valence-electron chi connectivity index (χ1n) is 8.95. The molecular weight excluding hydrogens is 288 g/mol. The van der Waals surface area contributed by atoms with Gasteiger partial charge in [0.1, 0.15) is 0 Å². The first-order chi connectivity index (χ1) is 11.1. The molecule has 126 valence electrons. The van der Waals surface area contributed by atoms with E-state index in [9.17, 15) is 9.90 Å². The van der Waals surface area contributed by atoms with Crippen molar-refractivity contribution in [1.29, 1.82) is 0 Å². The molecule has 4 heteroatoms. The summed E-state index contributed by atoms with van der Waals surface area (Å²) in [6.45, 7) is 6.71. The van der Waals surface area contributed by atoms with Crippen molar-refractivity contribution in [1.82, 2.24) is 4.90 Å². The molecule has 1 aromatic carbocycles. The molecule has 4 nitrogen and oxygen atoms in total. The summed E-state index contributed by atoms with van der Waals surface area (Å²) in [6.07, 6.45) is 4.74. The van der Waals surface area contributed by atoms with Crippen LogP contribution >= 0.6 is 0 Å². The zero-order valence-electron chi connectivity index (χ0n) is 14.3. The highest BCUT2D eigenvalue weighted by Crippen LogP contribution is 2.31. The lowest BCUT2D eigenvalue weighted by Crippen LogP contribution is -2.40. The van der Waals surface area contributed by atoms with Gasteiger partial charge in [0.05, 0.1) is 6.10 Å². The number of carbonyl (C=O) groups is 1. The predicted octanol–water partition coefficient (Wildman–Crippen LogP) is 2.89. The molecular formula is C19H28N2O2. The Bertz CT molecular complexity index is 572. The Hall–Kier alpha value is -1.39. The van der Waals surface area contributed by atoms with Crippen LogP contribution in [0.15, 0.2) is 18.2 Å². The van der Waals surface area contributed by atoms with Crippen molar-refractivity contribution in [3.8, 4) is 0 Å². The van der Waals surface area contributed by atoms with Gasteiger partial charge in [0.2, 0.25) is 5.91 Å². The zero-order valence-corrected chi connectivity index (χ0v) is 14.3. The Morgan fingerprint density at radius 3 is 2.91 bits per heavy atom. The van der Waals surface area contributed by atoms with Gasteiger partial charge in [-0.3, -0.25) is 9.69 Å². The summed E-state index contributed by atoms with van der Waals surface area (Å²) in [5, 5.41) is 10.6. The molecule has 1 amide bonds. The molecule has 1 saturated heterocycles. The number of benzene rings is 1. The average Bonchev–Trinajstić information content (AvgIpc) is 2.99. The number of nitrogens with zero attached hydrogens (tertiary/aromatic N) is 2. The highest BCUT2D eigenvalue weighted by molar-refractivity contribution is 5.95. The number of amides is 1. The largest absolute Gasteiger partial charge is 0.387 e. The van der Waals surface area contributed by atoms with Crippen LogP contribution in [-0.4, -0.2) is 41.6 Å². The molecule has 2 atom stereocenters. The third kappa shape index (κ3) is 3.43. The standard InChI is InChI=1S/C19H28N2O2/c1-3-19(23)21-11-9-15-12-16(7-8-17(15)21)18(22)13-20-10-5-4-6-14(20)2/h7-8,12,14,18,22H,3-6,9-11,13H2,1-2H3. The molecule has 0 aliphatic carbocycles. The number of hydrogen-bond donors (Lipinski definition) is 1. The molecule has 0 saturated carbocycles. The summed E-state index contributed by atoms with van der Waals surface area (Å²) >= 11 is 0. The molecule has 0 spiro atoms. The second-order valence-electron chi connectivity index (χ2n) is 6.89. The molecule has 0 radical (unpaired) electrons. The second-order valence-corrected chi connectivity index (χ2v) is 6.89. The summed E-state index contributed by atoms with van der Waals surface area (Å²) in [4.78, 5) is 16.2. The van der Waals surface area contributed by atoms with Gasteiger partial charge in [0.25, 0.3) is 0 Å². The summed E-state index contributed by atoms with van der Waals surface area (Å²) in [5.41, 5.74) is 3.20. The summed E-state index contributed by atoms with van der Waals surface area (Å²) < 4.78 is 0. The highest BCUT2D eigenvalue weighted by atomic mass is 16.3. The number of anilines is 1. The van der Waals surface area contributed by atoms with Gasteiger partial charge in [-0.15, -0.1) is 0 Å². The topological polar surface area (TPSA) is 43.8 Å². The average molecular weight is 316 g/mol. The third-order valence-corrected chi connectivity index (χ3v) is 5.34. The van der Waals surface area contributed by atoms with Crippen LogP contribution in [0.3, 0.4) is 0 Å². The third-order valence-electron chi connectivity index (χ3n) is 5.34. The number of hydrogen-bond acceptors (Lipinski definition) is 3. The van der Waals surface area contributed by atoms with E-state index in [4.69, 9.17) is 0 Å². The van der Waals surface area contributed by atoms with Gasteiger partial charge >= 0.3 is 0 Å². The Kier molecular flexibility index (Phi) is 5.02. The number of aliphatic hydroxyl groups is 1. The number of likely N-dealkylation sites (tertiary alicyclic amines) is 1. The first-order valence-corrected chi connectivity index (χ1v) is 8.95. The molecule has 2 heterocycles. The summed E-state index contributed by atoms with van der Waals surface area (Å²) in [7, 11) is 0. The van der Waals surface area contributed by atoms with Crippen molar-refractivity contribution in [2.24, 2.45) is 0 Å². The highest BCUT2D eigenvalue weighted by Gasteiger charge is 2.26. The molecule has 1 fully saturated rings. The van der Waals surface area contributed by atoms with Gasteiger partial charge in [-0.05, 0) is 49.9 Å². The van der Waals surface area contributed by atoms with Crippen LogP contribution in [0.1, 0.15) is 56.8 Å². The number of β-amino-alcohol motifs (C(OH)–C–C–N with tert-alkyl or cyclic N) is 1. The van der Waals surface area contributed by atoms with E-state index in [1.807, 2.05) is 24.0 Å². The number of carbonyl (C=O) groups excluding carboxylic acids is 1. The molecule has 0 aromatic heterocycles. The minimum Gasteiger partial charge on any atom is -0.387 e. The monoisotopic (exact) mass is 316 g/mol. The molecule has 23 heavy (non-hydrogen) atoms. The number of fused-ring (bicyclic) bond motifs is 1. The van der Waals surface area contributed by atoms with Crippen molar-refractivity contribution in [2.75, 3.05) is 24.5 Å². The smallest absolute Gasteiger partial charge is 0.226 e. The first kappa shape index (κ1) is 16.5. The minimum atomic E-state index is -0.447. The lowest BCUT2D eigenvalue weighted by molar-refractivity contribution is -0.118. The Balaban J connectivity index is 1.71. The van der Waals surface area contributed by atoms with E-state index >= 15 is 0 Å². The van der Waals surface area contributed by atoms with E-state index in [2.05, 4.69) is 17.9 Å². The quantitative estimate of drug-likeness (QED) is 0.929. The number of rotatable bonds is 4. The molecule has 2 aliphatic heterocycles. The number of aliphatic hydroxyl groups excluding tert-OH is 1. The Morgan fingerprint density at radius 1 is 1.35 bits per heavy atom. The van der Waals surface area contributed by atoms with E-state index in [-0.39, 0.29) is 5.91 Å². The predicted molar refractivity (Wildman–Crippen MR) is 92.6 cm³/mol. The minimum absolute atomic E-state index is 0.180. The van der Waals surface area contributed by atoms with Gasteiger partial charge in [0, 0.05) is 31.2 Å². The van der Waals surface area contributed by atoms with Crippen LogP contribution < -0.4 is 4.90 Å².